The van der Waals surface area contributed by atoms with E-state index in [1.54, 1.807) is 11.8 Å². The van der Waals surface area contributed by atoms with Gasteiger partial charge in [0.25, 0.3) is 5.91 Å². The van der Waals surface area contributed by atoms with Crippen LogP contribution in [0, 0.1) is 0 Å². The van der Waals surface area contributed by atoms with Crippen LogP contribution in [-0.2, 0) is 16.0 Å². The first kappa shape index (κ1) is 20.3. The zero-order chi connectivity index (χ0) is 20.3. The number of hydrogen-bond acceptors (Lipinski definition) is 4. The van der Waals surface area contributed by atoms with E-state index in [4.69, 9.17) is 0 Å². The molecule has 0 unspecified atom stereocenters. The largest absolute Gasteiger partial charge is 0.342 e. The van der Waals surface area contributed by atoms with E-state index in [-0.39, 0.29) is 17.7 Å². The van der Waals surface area contributed by atoms with E-state index < -0.39 is 0 Å². The maximum absolute atomic E-state index is 12.9. The number of likely N-dealkylation sites (N-methyl/N-ethyl adjacent to an activating group) is 1. The predicted octanol–water partition coefficient (Wildman–Crippen LogP) is 1.22. The van der Waals surface area contributed by atoms with Gasteiger partial charge in [-0.1, -0.05) is 0 Å². The van der Waals surface area contributed by atoms with E-state index in [1.807, 2.05) is 41.8 Å². The summed E-state index contributed by atoms with van der Waals surface area (Å²) in [6.07, 6.45) is 0.789. The average Bonchev–Trinajstić information content (AvgIpc) is 3.12. The first-order valence-corrected chi connectivity index (χ1v) is 10.1. The van der Waals surface area contributed by atoms with Crippen molar-refractivity contribution in [3.05, 3.63) is 29.3 Å². The fourth-order valence-corrected chi connectivity index (χ4v) is 4.02. The molecule has 1 aromatic rings. The normalized spacial score (nSPS) is 16.8. The Morgan fingerprint density at radius 1 is 1.00 bits per heavy atom. The monoisotopic (exact) mass is 386 g/mol. The molecule has 7 heteroatoms. The number of nitrogens with zero attached hydrogens (tertiary/aromatic N) is 4. The highest BCUT2D eigenvalue weighted by atomic mass is 16.2. The molecule has 1 saturated heterocycles. The van der Waals surface area contributed by atoms with Gasteiger partial charge in [-0.3, -0.25) is 19.3 Å². The zero-order valence-electron chi connectivity index (χ0n) is 17.1. The van der Waals surface area contributed by atoms with Crippen molar-refractivity contribution in [3.8, 4) is 0 Å². The van der Waals surface area contributed by atoms with Crippen LogP contribution in [-0.4, -0.2) is 84.8 Å². The average molecular weight is 386 g/mol. The van der Waals surface area contributed by atoms with Crippen LogP contribution in [0.3, 0.4) is 0 Å². The first-order chi connectivity index (χ1) is 13.4. The highest BCUT2D eigenvalue weighted by Crippen LogP contribution is 2.29. The summed E-state index contributed by atoms with van der Waals surface area (Å²) < 4.78 is 0. The van der Waals surface area contributed by atoms with Crippen LogP contribution in [0.15, 0.2) is 18.2 Å². The van der Waals surface area contributed by atoms with Gasteiger partial charge in [0, 0.05) is 64.0 Å². The molecular formula is C21H30N4O3. The Labute approximate surface area is 166 Å². The predicted molar refractivity (Wildman–Crippen MR) is 108 cm³/mol. The number of benzene rings is 1. The van der Waals surface area contributed by atoms with Gasteiger partial charge in [-0.25, -0.2) is 0 Å². The van der Waals surface area contributed by atoms with Gasteiger partial charge in [-0.15, -0.1) is 0 Å². The molecule has 3 amide bonds. The van der Waals surface area contributed by atoms with Crippen LogP contribution >= 0.6 is 0 Å². The standard InChI is InChI=1S/C21H30N4O3/c1-4-23(5-2)20(27)15-22-10-12-24(13-11-22)21(28)18-6-7-19-17(14-18)8-9-25(19)16(3)26/h6-7,14H,4-5,8-13,15H2,1-3H3. The maximum atomic E-state index is 12.9. The number of amides is 3. The second kappa shape index (κ2) is 8.73. The lowest BCUT2D eigenvalue weighted by Gasteiger charge is -2.35. The van der Waals surface area contributed by atoms with Crippen LogP contribution in [0.1, 0.15) is 36.7 Å². The molecule has 3 rings (SSSR count). The van der Waals surface area contributed by atoms with Gasteiger partial charge >= 0.3 is 0 Å². The van der Waals surface area contributed by atoms with Crippen LogP contribution in [0.5, 0.6) is 0 Å². The fourth-order valence-electron chi connectivity index (χ4n) is 4.02. The summed E-state index contributed by atoms with van der Waals surface area (Å²) in [6, 6.07) is 5.63. The second-order valence-corrected chi connectivity index (χ2v) is 7.40. The molecule has 0 aromatic heterocycles. The summed E-state index contributed by atoms with van der Waals surface area (Å²) in [5.41, 5.74) is 2.66. The smallest absolute Gasteiger partial charge is 0.253 e. The minimum absolute atomic E-state index is 0.0267. The molecule has 28 heavy (non-hydrogen) atoms. The van der Waals surface area contributed by atoms with Crippen molar-refractivity contribution in [2.24, 2.45) is 0 Å². The lowest BCUT2D eigenvalue weighted by Crippen LogP contribution is -2.51. The number of carbonyl (C=O) groups is 3. The van der Waals surface area contributed by atoms with Crippen LogP contribution in [0.4, 0.5) is 5.69 Å². The second-order valence-electron chi connectivity index (χ2n) is 7.40. The molecule has 2 heterocycles. The van der Waals surface area contributed by atoms with Crippen LogP contribution in [0.2, 0.25) is 0 Å². The first-order valence-electron chi connectivity index (χ1n) is 10.1. The molecular weight excluding hydrogens is 356 g/mol. The minimum Gasteiger partial charge on any atom is -0.342 e. The van der Waals surface area contributed by atoms with Gasteiger partial charge < -0.3 is 14.7 Å². The van der Waals surface area contributed by atoms with Crippen LogP contribution in [0.25, 0.3) is 0 Å². The Balaban J connectivity index is 1.57. The molecule has 0 radical (unpaired) electrons. The maximum Gasteiger partial charge on any atom is 0.253 e. The van der Waals surface area contributed by atoms with Crippen molar-refractivity contribution < 1.29 is 14.4 Å². The van der Waals surface area contributed by atoms with Gasteiger partial charge in [0.15, 0.2) is 0 Å². The van der Waals surface area contributed by atoms with E-state index in [0.29, 0.717) is 44.8 Å². The van der Waals surface area contributed by atoms with Crippen molar-refractivity contribution in [2.45, 2.75) is 27.2 Å². The molecule has 1 aromatic carbocycles. The Morgan fingerprint density at radius 2 is 1.68 bits per heavy atom. The number of hydrogen-bond donors (Lipinski definition) is 0. The third kappa shape index (κ3) is 4.19. The molecule has 2 aliphatic heterocycles. The van der Waals surface area contributed by atoms with E-state index in [0.717, 1.165) is 30.8 Å². The van der Waals surface area contributed by atoms with Crippen molar-refractivity contribution >= 4 is 23.4 Å². The molecule has 152 valence electrons. The highest BCUT2D eigenvalue weighted by molar-refractivity contribution is 5.98. The topological polar surface area (TPSA) is 64.2 Å². The third-order valence-corrected chi connectivity index (χ3v) is 5.74. The summed E-state index contributed by atoms with van der Waals surface area (Å²) in [7, 11) is 0. The molecule has 0 bridgehead atoms. The number of fused-ring (bicyclic) bond motifs is 1. The molecule has 7 nitrogen and oxygen atoms in total. The van der Waals surface area contributed by atoms with Gasteiger partial charge in [0.2, 0.25) is 11.8 Å². The van der Waals surface area contributed by atoms with Gasteiger partial charge in [0.1, 0.15) is 0 Å². The summed E-state index contributed by atoms with van der Waals surface area (Å²) in [4.78, 5) is 44.4. The molecule has 0 aliphatic carbocycles. The van der Waals surface area contributed by atoms with E-state index >= 15 is 0 Å². The van der Waals surface area contributed by atoms with Crippen LogP contribution < -0.4 is 4.90 Å². The van der Waals surface area contributed by atoms with E-state index in [9.17, 15) is 14.4 Å². The quantitative estimate of drug-likeness (QED) is 0.763. The van der Waals surface area contributed by atoms with E-state index in [1.165, 1.54) is 0 Å². The Kier molecular flexibility index (Phi) is 6.34. The van der Waals surface area contributed by atoms with Crippen molar-refractivity contribution in [1.82, 2.24) is 14.7 Å². The summed E-state index contributed by atoms with van der Waals surface area (Å²) in [5, 5.41) is 0. The van der Waals surface area contributed by atoms with Gasteiger partial charge in [0.05, 0.1) is 6.54 Å². The van der Waals surface area contributed by atoms with Crippen molar-refractivity contribution in [1.29, 1.82) is 0 Å². The lowest BCUT2D eigenvalue weighted by molar-refractivity contribution is -0.132. The molecule has 0 N–H and O–H groups in total. The third-order valence-electron chi connectivity index (χ3n) is 5.74. The lowest BCUT2D eigenvalue weighted by atomic mass is 10.1. The fraction of sp³-hybridized carbons (Fsp3) is 0.571. The van der Waals surface area contributed by atoms with Crippen molar-refractivity contribution in [3.63, 3.8) is 0 Å². The molecule has 0 atom stereocenters. The summed E-state index contributed by atoms with van der Waals surface area (Å²) in [5.74, 6) is 0.213. The Morgan fingerprint density at radius 3 is 2.29 bits per heavy atom. The number of anilines is 1. The highest BCUT2D eigenvalue weighted by Gasteiger charge is 2.27. The zero-order valence-corrected chi connectivity index (χ0v) is 17.1. The molecule has 0 spiro atoms. The van der Waals surface area contributed by atoms with Gasteiger partial charge in [-0.05, 0) is 44.0 Å². The molecule has 0 saturated carbocycles. The molecule has 1 fully saturated rings. The molecule has 2 aliphatic rings. The minimum atomic E-state index is 0.0267. The summed E-state index contributed by atoms with van der Waals surface area (Å²) in [6.45, 7) is 10.8. The number of carbonyl (C=O) groups excluding carboxylic acids is 3. The van der Waals surface area contributed by atoms with Crippen molar-refractivity contribution in [2.75, 3.05) is 57.3 Å². The van der Waals surface area contributed by atoms with Gasteiger partial charge in [-0.2, -0.15) is 0 Å². The SMILES string of the molecule is CCN(CC)C(=O)CN1CCN(C(=O)c2ccc3c(c2)CCN3C(C)=O)CC1. The Bertz CT molecular complexity index is 752. The van der Waals surface area contributed by atoms with E-state index in [2.05, 4.69) is 4.90 Å². The number of piperazine rings is 1. The summed E-state index contributed by atoms with van der Waals surface area (Å²) >= 11 is 0. The number of rotatable bonds is 5. The Hall–Kier alpha value is -2.41.